The average Bonchev–Trinajstić information content (AvgIpc) is 3.17. The van der Waals surface area contributed by atoms with Crippen LogP contribution < -0.4 is 5.43 Å². The molecule has 3 N–H and O–H groups in total. The van der Waals surface area contributed by atoms with Crippen molar-refractivity contribution in [1.82, 2.24) is 9.99 Å². The molecule has 154 valence electrons. The molecule has 0 bridgehead atoms. The predicted octanol–water partition coefficient (Wildman–Crippen LogP) is 4.63. The van der Waals surface area contributed by atoms with Crippen molar-refractivity contribution in [3.05, 3.63) is 102 Å². The number of nitrogens with zero attached hydrogens (tertiary/aromatic N) is 2. The number of aryl methyl sites for hydroxylation is 1. The predicted molar refractivity (Wildman–Crippen MR) is 121 cm³/mol. The first kappa shape index (κ1) is 20.0. The summed E-state index contributed by atoms with van der Waals surface area (Å²) < 4.78 is 2.14. The molecule has 0 radical (unpaired) electrons. The molecule has 1 heterocycles. The molecule has 3 aromatic carbocycles. The van der Waals surface area contributed by atoms with E-state index in [9.17, 15) is 15.0 Å². The van der Waals surface area contributed by atoms with E-state index < -0.39 is 0 Å². The SMILES string of the molecule is Cc1ccc(-c2ccccc2)n1-c1ccc(C(=O)N/N=C/c2ccc(O)cc2O)cc1. The minimum atomic E-state index is -0.367. The molecule has 1 aromatic heterocycles. The number of carbonyl (C=O) groups excluding carboxylic acids is 1. The first-order chi connectivity index (χ1) is 15.0. The molecule has 0 saturated carbocycles. The van der Waals surface area contributed by atoms with E-state index in [0.717, 1.165) is 22.6 Å². The number of carbonyl (C=O) groups is 1. The zero-order valence-corrected chi connectivity index (χ0v) is 16.9. The number of phenolic OH excluding ortho intramolecular Hbond substituents is 2. The standard InChI is InChI=1S/C25H21N3O3/c1-17-7-14-23(18-5-3-2-4-6-18)28(17)21-11-8-19(9-12-21)25(31)27-26-16-20-10-13-22(29)15-24(20)30/h2-16,29-30H,1H3,(H,27,31)/b26-16+. The maximum Gasteiger partial charge on any atom is 0.271 e. The van der Waals surface area contributed by atoms with Crippen LogP contribution in [0.4, 0.5) is 0 Å². The number of aromatic nitrogens is 1. The molecular formula is C25H21N3O3. The minimum absolute atomic E-state index is 0.0490. The molecule has 0 atom stereocenters. The smallest absolute Gasteiger partial charge is 0.271 e. The van der Waals surface area contributed by atoms with Gasteiger partial charge in [-0.15, -0.1) is 0 Å². The van der Waals surface area contributed by atoms with E-state index in [-0.39, 0.29) is 17.4 Å². The van der Waals surface area contributed by atoms with Gasteiger partial charge in [0.15, 0.2) is 0 Å². The molecule has 0 aliphatic carbocycles. The van der Waals surface area contributed by atoms with Gasteiger partial charge in [-0.25, -0.2) is 5.43 Å². The van der Waals surface area contributed by atoms with E-state index in [4.69, 9.17) is 0 Å². The highest BCUT2D eigenvalue weighted by molar-refractivity contribution is 5.95. The maximum atomic E-state index is 12.4. The van der Waals surface area contributed by atoms with Crippen LogP contribution in [0.5, 0.6) is 11.5 Å². The van der Waals surface area contributed by atoms with Gasteiger partial charge >= 0.3 is 0 Å². The summed E-state index contributed by atoms with van der Waals surface area (Å²) in [6.45, 7) is 2.04. The van der Waals surface area contributed by atoms with E-state index in [1.165, 1.54) is 24.4 Å². The summed E-state index contributed by atoms with van der Waals surface area (Å²) >= 11 is 0. The Morgan fingerprint density at radius 1 is 0.935 bits per heavy atom. The number of hydrogen-bond donors (Lipinski definition) is 3. The summed E-state index contributed by atoms with van der Waals surface area (Å²) in [5.74, 6) is -0.542. The highest BCUT2D eigenvalue weighted by atomic mass is 16.3. The second-order valence-corrected chi connectivity index (χ2v) is 7.05. The molecule has 0 fully saturated rings. The third-order valence-electron chi connectivity index (χ3n) is 4.92. The van der Waals surface area contributed by atoms with Crippen molar-refractivity contribution in [3.63, 3.8) is 0 Å². The van der Waals surface area contributed by atoms with Crippen LogP contribution in [-0.2, 0) is 0 Å². The van der Waals surface area contributed by atoms with Gasteiger partial charge in [0.1, 0.15) is 11.5 Å². The van der Waals surface area contributed by atoms with Gasteiger partial charge in [-0.1, -0.05) is 30.3 Å². The number of aromatic hydroxyl groups is 2. The number of amides is 1. The van der Waals surface area contributed by atoms with E-state index in [0.29, 0.717) is 11.1 Å². The molecule has 0 aliphatic rings. The van der Waals surface area contributed by atoms with Crippen molar-refractivity contribution >= 4 is 12.1 Å². The van der Waals surface area contributed by atoms with E-state index in [2.05, 4.69) is 39.4 Å². The molecule has 1 amide bonds. The first-order valence-electron chi connectivity index (χ1n) is 9.72. The molecule has 6 nitrogen and oxygen atoms in total. The molecule has 0 spiro atoms. The van der Waals surface area contributed by atoms with E-state index in [1.807, 2.05) is 37.3 Å². The Hall–Kier alpha value is -4.32. The van der Waals surface area contributed by atoms with Crippen molar-refractivity contribution in [3.8, 4) is 28.4 Å². The van der Waals surface area contributed by atoms with Crippen molar-refractivity contribution in [2.75, 3.05) is 0 Å². The number of hydrogen-bond acceptors (Lipinski definition) is 4. The molecular weight excluding hydrogens is 390 g/mol. The summed E-state index contributed by atoms with van der Waals surface area (Å²) in [7, 11) is 0. The van der Waals surface area contributed by atoms with Gasteiger partial charge in [0.05, 0.1) is 11.9 Å². The molecule has 0 unspecified atom stereocenters. The van der Waals surface area contributed by atoms with Crippen LogP contribution in [0.3, 0.4) is 0 Å². The number of hydrazone groups is 1. The van der Waals surface area contributed by atoms with Crippen molar-refractivity contribution < 1.29 is 15.0 Å². The van der Waals surface area contributed by atoms with Crippen molar-refractivity contribution in [2.45, 2.75) is 6.92 Å². The van der Waals surface area contributed by atoms with Gasteiger partial charge in [0, 0.05) is 28.6 Å². The molecule has 31 heavy (non-hydrogen) atoms. The third kappa shape index (κ3) is 4.33. The molecule has 4 aromatic rings. The molecule has 0 aliphatic heterocycles. The Labute approximate surface area is 179 Å². The first-order valence-corrected chi connectivity index (χ1v) is 9.72. The Bertz CT molecular complexity index is 1240. The van der Waals surface area contributed by atoms with Crippen LogP contribution in [0.1, 0.15) is 21.6 Å². The van der Waals surface area contributed by atoms with Gasteiger partial charge in [-0.3, -0.25) is 4.79 Å². The van der Waals surface area contributed by atoms with Crippen LogP contribution in [0.2, 0.25) is 0 Å². The highest BCUT2D eigenvalue weighted by Crippen LogP contribution is 2.26. The fourth-order valence-electron chi connectivity index (χ4n) is 3.34. The van der Waals surface area contributed by atoms with Gasteiger partial charge in [0.2, 0.25) is 0 Å². The van der Waals surface area contributed by atoms with E-state index in [1.54, 1.807) is 12.1 Å². The highest BCUT2D eigenvalue weighted by Gasteiger charge is 2.11. The average molecular weight is 411 g/mol. The maximum absolute atomic E-state index is 12.4. The van der Waals surface area contributed by atoms with Crippen LogP contribution in [0.25, 0.3) is 16.9 Å². The van der Waals surface area contributed by atoms with Gasteiger partial charge < -0.3 is 14.8 Å². The van der Waals surface area contributed by atoms with Crippen LogP contribution >= 0.6 is 0 Å². The second-order valence-electron chi connectivity index (χ2n) is 7.05. The van der Waals surface area contributed by atoms with Crippen molar-refractivity contribution in [1.29, 1.82) is 0 Å². The van der Waals surface area contributed by atoms with Crippen LogP contribution in [0, 0.1) is 6.92 Å². The Morgan fingerprint density at radius 3 is 2.39 bits per heavy atom. The van der Waals surface area contributed by atoms with Gasteiger partial charge in [0.25, 0.3) is 5.91 Å². The largest absolute Gasteiger partial charge is 0.508 e. The summed E-state index contributed by atoms with van der Waals surface area (Å²) in [5.41, 5.74) is 7.52. The van der Waals surface area contributed by atoms with E-state index >= 15 is 0 Å². The quantitative estimate of drug-likeness (QED) is 0.331. The lowest BCUT2D eigenvalue weighted by Crippen LogP contribution is -2.17. The van der Waals surface area contributed by atoms with Gasteiger partial charge in [-0.2, -0.15) is 5.10 Å². The van der Waals surface area contributed by atoms with Crippen LogP contribution in [0.15, 0.2) is 90.0 Å². The fraction of sp³-hybridized carbons (Fsp3) is 0.0400. The number of phenols is 2. The Morgan fingerprint density at radius 2 is 1.68 bits per heavy atom. The number of rotatable bonds is 5. The lowest BCUT2D eigenvalue weighted by atomic mass is 10.1. The van der Waals surface area contributed by atoms with Crippen molar-refractivity contribution in [2.24, 2.45) is 5.10 Å². The zero-order chi connectivity index (χ0) is 21.8. The number of benzene rings is 3. The third-order valence-corrected chi connectivity index (χ3v) is 4.92. The fourth-order valence-corrected chi connectivity index (χ4v) is 3.34. The zero-order valence-electron chi connectivity index (χ0n) is 16.9. The Kier molecular flexibility index (Phi) is 5.53. The minimum Gasteiger partial charge on any atom is -0.508 e. The molecule has 6 heteroatoms. The summed E-state index contributed by atoms with van der Waals surface area (Å²) in [6, 6.07) is 25.7. The number of nitrogens with one attached hydrogen (secondary N) is 1. The summed E-state index contributed by atoms with van der Waals surface area (Å²) in [6.07, 6.45) is 1.32. The normalized spacial score (nSPS) is 11.0. The summed E-state index contributed by atoms with van der Waals surface area (Å²) in [5, 5.41) is 22.9. The van der Waals surface area contributed by atoms with Crippen LogP contribution in [-0.4, -0.2) is 26.9 Å². The lowest BCUT2D eigenvalue weighted by molar-refractivity contribution is 0.0955. The summed E-state index contributed by atoms with van der Waals surface area (Å²) in [4.78, 5) is 12.4. The van der Waals surface area contributed by atoms with Gasteiger partial charge in [-0.05, 0) is 61.0 Å². The monoisotopic (exact) mass is 411 g/mol. The lowest BCUT2D eigenvalue weighted by Gasteiger charge is -2.12. The second kappa shape index (κ2) is 8.59. The molecule has 0 saturated heterocycles. The molecule has 4 rings (SSSR count). The topological polar surface area (TPSA) is 86.9 Å². The Balaban J connectivity index is 1.51.